The van der Waals surface area contributed by atoms with Crippen LogP contribution in [0.4, 0.5) is 0 Å². The Morgan fingerprint density at radius 2 is 1.88 bits per heavy atom. The van der Waals surface area contributed by atoms with E-state index in [0.29, 0.717) is 17.5 Å². The summed E-state index contributed by atoms with van der Waals surface area (Å²) < 4.78 is 0. The van der Waals surface area contributed by atoms with Crippen molar-refractivity contribution in [2.75, 3.05) is 13.1 Å². The van der Waals surface area contributed by atoms with Crippen LogP contribution in [0.5, 0.6) is 0 Å². The average molecular weight is 361 g/mol. The van der Waals surface area contributed by atoms with Crippen molar-refractivity contribution in [3.8, 4) is 0 Å². The third-order valence-corrected chi connectivity index (χ3v) is 6.26. The fourth-order valence-corrected chi connectivity index (χ4v) is 4.53. The van der Waals surface area contributed by atoms with E-state index in [2.05, 4.69) is 22.0 Å². The van der Waals surface area contributed by atoms with E-state index in [0.717, 1.165) is 50.4 Å². The molecular formula is C20H32N4O2. The summed E-state index contributed by atoms with van der Waals surface area (Å²) >= 11 is 0. The molecule has 6 nitrogen and oxygen atoms in total. The van der Waals surface area contributed by atoms with Crippen LogP contribution in [0.25, 0.3) is 0 Å². The molecule has 0 unspecified atom stereocenters. The minimum Gasteiger partial charge on any atom is -0.364 e. The molecule has 3 N–H and O–H groups in total. The summed E-state index contributed by atoms with van der Waals surface area (Å²) in [6.45, 7) is 3.84. The number of nitrogens with zero attached hydrogens (tertiary/aromatic N) is 2. The number of H-pyrrole nitrogens is 1. The molecule has 0 bridgehead atoms. The predicted octanol–water partition coefficient (Wildman–Crippen LogP) is 3.21. The zero-order valence-corrected chi connectivity index (χ0v) is 15.9. The number of amides is 2. The van der Waals surface area contributed by atoms with E-state index in [4.69, 9.17) is 5.73 Å². The quantitative estimate of drug-likeness (QED) is 0.816. The van der Waals surface area contributed by atoms with Crippen LogP contribution in [-0.2, 0) is 4.79 Å². The van der Waals surface area contributed by atoms with Crippen LogP contribution >= 0.6 is 0 Å². The summed E-state index contributed by atoms with van der Waals surface area (Å²) in [4.78, 5) is 26.1. The molecule has 6 heteroatoms. The number of nitrogens with two attached hydrogens (primary N) is 1. The van der Waals surface area contributed by atoms with E-state index in [1.54, 1.807) is 6.07 Å². The second kappa shape index (κ2) is 8.69. The number of unbranched alkanes of at least 4 members (excludes halogenated alkanes) is 1. The lowest BCUT2D eigenvalue weighted by Gasteiger charge is -2.36. The Morgan fingerprint density at radius 3 is 2.46 bits per heavy atom. The Bertz CT molecular complexity index is 611. The lowest BCUT2D eigenvalue weighted by Crippen LogP contribution is -2.42. The largest absolute Gasteiger partial charge is 0.364 e. The van der Waals surface area contributed by atoms with Crippen molar-refractivity contribution < 1.29 is 9.59 Å². The zero-order chi connectivity index (χ0) is 18.5. The molecule has 0 spiro atoms. The third kappa shape index (κ3) is 4.46. The van der Waals surface area contributed by atoms with E-state index in [-0.39, 0.29) is 5.92 Å². The van der Waals surface area contributed by atoms with E-state index >= 15 is 0 Å². The number of likely N-dealkylation sites (tertiary alicyclic amines) is 1. The highest BCUT2D eigenvalue weighted by molar-refractivity contribution is 5.90. The van der Waals surface area contributed by atoms with Crippen molar-refractivity contribution in [2.24, 2.45) is 17.6 Å². The number of rotatable bonds is 6. The van der Waals surface area contributed by atoms with Gasteiger partial charge in [0.25, 0.3) is 5.91 Å². The van der Waals surface area contributed by atoms with Gasteiger partial charge in [-0.25, -0.2) is 0 Å². The van der Waals surface area contributed by atoms with Crippen molar-refractivity contribution in [1.82, 2.24) is 15.1 Å². The van der Waals surface area contributed by atoms with Gasteiger partial charge in [-0.15, -0.1) is 0 Å². The zero-order valence-electron chi connectivity index (χ0n) is 15.9. The Hall–Kier alpha value is -1.85. The fraction of sp³-hybridized carbons (Fsp3) is 0.750. The van der Waals surface area contributed by atoms with Crippen molar-refractivity contribution in [3.05, 3.63) is 17.5 Å². The number of hydrogen-bond donors (Lipinski definition) is 2. The lowest BCUT2D eigenvalue weighted by atomic mass is 9.79. The molecular weight excluding hydrogens is 328 g/mol. The number of nitrogens with one attached hydrogen (secondary N) is 1. The molecule has 1 aromatic heterocycles. The highest BCUT2D eigenvalue weighted by Gasteiger charge is 2.32. The van der Waals surface area contributed by atoms with Crippen molar-refractivity contribution in [2.45, 2.75) is 70.6 Å². The van der Waals surface area contributed by atoms with Crippen LogP contribution in [0, 0.1) is 11.8 Å². The summed E-state index contributed by atoms with van der Waals surface area (Å²) in [6.07, 6.45) is 10.3. The van der Waals surface area contributed by atoms with Crippen LogP contribution in [0.3, 0.4) is 0 Å². The summed E-state index contributed by atoms with van der Waals surface area (Å²) in [5, 5.41) is 6.90. The number of piperidine rings is 1. The van der Waals surface area contributed by atoms with E-state index < -0.39 is 5.91 Å². The number of aromatic amines is 1. The van der Waals surface area contributed by atoms with Crippen LogP contribution in [0.1, 0.15) is 86.8 Å². The molecule has 1 aliphatic heterocycles. The monoisotopic (exact) mass is 360 g/mol. The minimum atomic E-state index is -0.505. The van der Waals surface area contributed by atoms with Gasteiger partial charge in [-0.1, -0.05) is 26.2 Å². The summed E-state index contributed by atoms with van der Waals surface area (Å²) in [5.74, 6) is 1.25. The van der Waals surface area contributed by atoms with E-state index in [1.807, 2.05) is 0 Å². The first kappa shape index (κ1) is 18.9. The van der Waals surface area contributed by atoms with Gasteiger partial charge >= 0.3 is 0 Å². The molecule has 2 heterocycles. The Labute approximate surface area is 155 Å². The topological polar surface area (TPSA) is 92.1 Å². The molecule has 2 aliphatic rings. The van der Waals surface area contributed by atoms with Gasteiger partial charge in [0.15, 0.2) is 0 Å². The number of aromatic nitrogens is 2. The average Bonchev–Trinajstić information content (AvgIpc) is 3.17. The summed E-state index contributed by atoms with van der Waals surface area (Å²) in [5.41, 5.74) is 6.51. The maximum atomic E-state index is 12.9. The first-order valence-corrected chi connectivity index (χ1v) is 10.2. The van der Waals surface area contributed by atoms with Gasteiger partial charge < -0.3 is 10.6 Å². The fourth-order valence-electron chi connectivity index (χ4n) is 4.53. The molecule has 1 saturated heterocycles. The molecule has 0 atom stereocenters. The van der Waals surface area contributed by atoms with Crippen molar-refractivity contribution in [1.29, 1.82) is 0 Å². The second-order valence-electron chi connectivity index (χ2n) is 8.03. The predicted molar refractivity (Wildman–Crippen MR) is 101 cm³/mol. The highest BCUT2D eigenvalue weighted by atomic mass is 16.2. The van der Waals surface area contributed by atoms with Crippen molar-refractivity contribution >= 4 is 11.8 Å². The molecule has 144 valence electrons. The normalized spacial score (nSPS) is 24.6. The van der Waals surface area contributed by atoms with Gasteiger partial charge in [0.1, 0.15) is 5.69 Å². The van der Waals surface area contributed by atoms with Crippen LogP contribution in [0.2, 0.25) is 0 Å². The molecule has 3 rings (SSSR count). The van der Waals surface area contributed by atoms with Gasteiger partial charge in [0.2, 0.25) is 5.91 Å². The molecule has 2 amide bonds. The summed E-state index contributed by atoms with van der Waals surface area (Å²) in [7, 11) is 0. The number of hydrogen-bond acceptors (Lipinski definition) is 3. The van der Waals surface area contributed by atoms with Crippen LogP contribution in [-0.4, -0.2) is 40.0 Å². The smallest absolute Gasteiger partial charge is 0.269 e. The molecule has 1 aromatic rings. The molecule has 2 fully saturated rings. The maximum Gasteiger partial charge on any atom is 0.269 e. The van der Waals surface area contributed by atoms with Gasteiger partial charge in [-0.05, 0) is 50.5 Å². The molecule has 26 heavy (non-hydrogen) atoms. The van der Waals surface area contributed by atoms with E-state index in [1.165, 1.54) is 32.1 Å². The Morgan fingerprint density at radius 1 is 1.19 bits per heavy atom. The van der Waals surface area contributed by atoms with E-state index in [9.17, 15) is 9.59 Å². The molecule has 0 aromatic carbocycles. The van der Waals surface area contributed by atoms with Gasteiger partial charge in [0, 0.05) is 30.6 Å². The number of carbonyl (C=O) groups excluding carboxylic acids is 2. The summed E-state index contributed by atoms with van der Waals surface area (Å²) in [6, 6.07) is 1.75. The lowest BCUT2D eigenvalue weighted by molar-refractivity contribution is -0.138. The first-order valence-electron chi connectivity index (χ1n) is 10.2. The SMILES string of the molecule is CCCCC1CCC(C(=O)N2CCC(c3cc(C(N)=O)n[nH]3)CC2)CC1. The van der Waals surface area contributed by atoms with Gasteiger partial charge in [-0.2, -0.15) is 5.10 Å². The van der Waals surface area contributed by atoms with Gasteiger partial charge in [0.05, 0.1) is 0 Å². The number of carbonyl (C=O) groups is 2. The van der Waals surface area contributed by atoms with Crippen molar-refractivity contribution in [3.63, 3.8) is 0 Å². The Balaban J connectivity index is 1.45. The second-order valence-corrected chi connectivity index (χ2v) is 8.03. The standard InChI is InChI=1S/C20H32N4O2/c1-2-3-4-14-5-7-16(8-6-14)20(26)24-11-9-15(10-12-24)17-13-18(19(21)25)23-22-17/h13-16H,2-12H2,1H3,(H2,21,25)(H,22,23). The molecule has 1 saturated carbocycles. The Kier molecular flexibility index (Phi) is 6.33. The minimum absolute atomic E-state index is 0.234. The first-order chi connectivity index (χ1) is 12.6. The van der Waals surface area contributed by atoms with Gasteiger partial charge in [-0.3, -0.25) is 14.7 Å². The van der Waals surface area contributed by atoms with Crippen LogP contribution < -0.4 is 5.73 Å². The third-order valence-electron chi connectivity index (χ3n) is 6.26. The maximum absolute atomic E-state index is 12.9. The number of primary amides is 1. The molecule has 1 aliphatic carbocycles. The molecule has 0 radical (unpaired) electrons. The highest BCUT2D eigenvalue weighted by Crippen LogP contribution is 2.34. The van der Waals surface area contributed by atoms with Crippen LogP contribution in [0.15, 0.2) is 6.07 Å².